The Hall–Kier alpha value is -0.770. The second-order valence-electron chi connectivity index (χ2n) is 7.95. The lowest BCUT2D eigenvalue weighted by atomic mass is 9.73. The highest BCUT2D eigenvalue weighted by Crippen LogP contribution is 2.35. The van der Waals surface area contributed by atoms with E-state index in [1.54, 1.807) is 0 Å². The number of amides is 1. The Morgan fingerprint density at radius 3 is 2.52 bits per heavy atom. The van der Waals surface area contributed by atoms with Gasteiger partial charge in [-0.25, -0.2) is 4.79 Å². The van der Waals surface area contributed by atoms with E-state index >= 15 is 0 Å². The summed E-state index contributed by atoms with van der Waals surface area (Å²) in [6.07, 6.45) is 5.73. The maximum absolute atomic E-state index is 11.8. The number of alkyl carbamates (subject to hydrolysis) is 1. The Balaban J connectivity index is 2.42. The average Bonchev–Trinajstić information content (AvgIpc) is 2.33. The van der Waals surface area contributed by atoms with Crippen LogP contribution in [0.15, 0.2) is 0 Å². The topological polar surface area (TPSA) is 50.4 Å². The van der Waals surface area contributed by atoms with Crippen LogP contribution in [-0.4, -0.2) is 30.3 Å². The van der Waals surface area contributed by atoms with Crippen LogP contribution in [0.5, 0.6) is 0 Å². The molecule has 1 aliphatic carbocycles. The summed E-state index contributed by atoms with van der Waals surface area (Å²) in [6.45, 7) is 13.2. The average molecular weight is 298 g/mol. The maximum atomic E-state index is 11.8. The molecule has 0 spiro atoms. The minimum Gasteiger partial charge on any atom is -0.444 e. The highest BCUT2D eigenvalue weighted by atomic mass is 16.6. The summed E-state index contributed by atoms with van der Waals surface area (Å²) in [5, 5.41) is 6.63. The van der Waals surface area contributed by atoms with E-state index in [-0.39, 0.29) is 12.1 Å². The van der Waals surface area contributed by atoms with Crippen molar-refractivity contribution < 1.29 is 9.53 Å². The Bertz CT molecular complexity index is 334. The second kappa shape index (κ2) is 7.48. The van der Waals surface area contributed by atoms with Crippen molar-refractivity contribution >= 4 is 6.09 Å². The second-order valence-corrected chi connectivity index (χ2v) is 7.95. The van der Waals surface area contributed by atoms with Gasteiger partial charge in [-0.3, -0.25) is 0 Å². The highest BCUT2D eigenvalue weighted by Gasteiger charge is 2.32. The van der Waals surface area contributed by atoms with E-state index in [1.807, 2.05) is 20.8 Å². The Labute approximate surface area is 130 Å². The molecule has 2 N–H and O–H groups in total. The van der Waals surface area contributed by atoms with Crippen molar-refractivity contribution in [1.29, 1.82) is 0 Å². The summed E-state index contributed by atoms with van der Waals surface area (Å²) >= 11 is 0. The number of carbonyl (C=O) groups excluding carboxylic acids is 1. The predicted molar refractivity (Wildman–Crippen MR) is 87.5 cm³/mol. The third-order valence-electron chi connectivity index (χ3n) is 4.33. The first-order valence-electron chi connectivity index (χ1n) is 8.37. The quantitative estimate of drug-likeness (QED) is 0.810. The molecule has 2 atom stereocenters. The van der Waals surface area contributed by atoms with Gasteiger partial charge in [0.05, 0.1) is 0 Å². The fraction of sp³-hybridized carbons (Fsp3) is 0.941. The molecule has 4 heteroatoms. The van der Waals surface area contributed by atoms with E-state index in [9.17, 15) is 4.79 Å². The predicted octanol–water partition coefficient (Wildman–Crippen LogP) is 3.85. The van der Waals surface area contributed by atoms with Crippen LogP contribution in [0, 0.1) is 5.41 Å². The molecule has 1 aliphatic rings. The zero-order valence-corrected chi connectivity index (χ0v) is 14.7. The Morgan fingerprint density at radius 1 is 1.33 bits per heavy atom. The van der Waals surface area contributed by atoms with Crippen molar-refractivity contribution in [2.24, 2.45) is 5.41 Å². The lowest BCUT2D eigenvalue weighted by molar-refractivity contribution is 0.0499. The van der Waals surface area contributed by atoms with E-state index in [2.05, 4.69) is 31.4 Å². The van der Waals surface area contributed by atoms with Crippen molar-refractivity contribution in [3.8, 4) is 0 Å². The van der Waals surface area contributed by atoms with Crippen LogP contribution in [0.4, 0.5) is 4.79 Å². The molecule has 4 nitrogen and oxygen atoms in total. The summed E-state index contributed by atoms with van der Waals surface area (Å²) in [5.74, 6) is 0. The molecule has 0 aliphatic heterocycles. The number of carbonyl (C=O) groups is 1. The van der Waals surface area contributed by atoms with E-state index < -0.39 is 5.60 Å². The molecular formula is C17H34N2O2. The highest BCUT2D eigenvalue weighted by molar-refractivity contribution is 5.68. The molecule has 1 rings (SSSR count). The molecule has 0 aromatic carbocycles. The van der Waals surface area contributed by atoms with Crippen LogP contribution >= 0.6 is 0 Å². The third-order valence-corrected chi connectivity index (χ3v) is 4.33. The number of rotatable bonds is 5. The largest absolute Gasteiger partial charge is 0.444 e. The van der Waals surface area contributed by atoms with Crippen molar-refractivity contribution in [1.82, 2.24) is 10.6 Å². The summed E-state index contributed by atoms with van der Waals surface area (Å²) in [4.78, 5) is 11.8. The zero-order valence-electron chi connectivity index (χ0n) is 14.7. The van der Waals surface area contributed by atoms with Crippen LogP contribution in [0.3, 0.4) is 0 Å². The van der Waals surface area contributed by atoms with Crippen LogP contribution in [0.25, 0.3) is 0 Å². The standard InChI is InChI=1S/C17H34N2O2/c1-7-13(19-15(20)21-16(2,3)4)12-18-14-10-8-9-11-17(14,5)6/h13-14,18H,7-12H2,1-6H3,(H,19,20). The molecule has 1 amide bonds. The molecule has 0 radical (unpaired) electrons. The smallest absolute Gasteiger partial charge is 0.407 e. The fourth-order valence-corrected chi connectivity index (χ4v) is 2.93. The van der Waals surface area contributed by atoms with Crippen molar-refractivity contribution in [2.75, 3.05) is 6.54 Å². The number of hydrogen-bond donors (Lipinski definition) is 2. The molecule has 0 aromatic rings. The summed E-state index contributed by atoms with van der Waals surface area (Å²) < 4.78 is 5.32. The number of hydrogen-bond acceptors (Lipinski definition) is 3. The van der Waals surface area contributed by atoms with Crippen LogP contribution < -0.4 is 10.6 Å². The Kier molecular flexibility index (Phi) is 6.51. The molecule has 1 saturated carbocycles. The van der Waals surface area contributed by atoms with E-state index in [4.69, 9.17) is 4.74 Å². The minimum absolute atomic E-state index is 0.123. The normalized spacial score (nSPS) is 23.4. The lowest BCUT2D eigenvalue weighted by Gasteiger charge is -2.40. The van der Waals surface area contributed by atoms with Crippen LogP contribution in [-0.2, 0) is 4.74 Å². The van der Waals surface area contributed by atoms with Gasteiger partial charge in [0.25, 0.3) is 0 Å². The third kappa shape index (κ3) is 6.68. The van der Waals surface area contributed by atoms with Gasteiger partial charge in [-0.05, 0) is 45.4 Å². The lowest BCUT2D eigenvalue weighted by Crippen LogP contribution is -2.50. The molecule has 0 heterocycles. The molecule has 0 bridgehead atoms. The molecule has 2 unspecified atom stereocenters. The van der Waals surface area contributed by atoms with Crippen LogP contribution in [0.2, 0.25) is 0 Å². The summed E-state index contributed by atoms with van der Waals surface area (Å²) in [6, 6.07) is 0.665. The van der Waals surface area contributed by atoms with Gasteiger partial charge < -0.3 is 15.4 Å². The zero-order chi connectivity index (χ0) is 16.1. The summed E-state index contributed by atoms with van der Waals surface area (Å²) in [5.41, 5.74) is -0.0936. The minimum atomic E-state index is -0.443. The van der Waals surface area contributed by atoms with Crippen LogP contribution in [0.1, 0.15) is 73.6 Å². The molecule has 124 valence electrons. The van der Waals surface area contributed by atoms with Crippen molar-refractivity contribution in [2.45, 2.75) is 91.3 Å². The number of ether oxygens (including phenoxy) is 1. The Morgan fingerprint density at radius 2 is 2.00 bits per heavy atom. The van der Waals surface area contributed by atoms with Gasteiger partial charge >= 0.3 is 6.09 Å². The van der Waals surface area contributed by atoms with Crippen molar-refractivity contribution in [3.05, 3.63) is 0 Å². The van der Waals surface area contributed by atoms with E-state index in [1.165, 1.54) is 25.7 Å². The first kappa shape index (κ1) is 18.3. The maximum Gasteiger partial charge on any atom is 0.407 e. The van der Waals surface area contributed by atoms with Gasteiger partial charge in [0.1, 0.15) is 5.60 Å². The van der Waals surface area contributed by atoms with Gasteiger partial charge in [0.2, 0.25) is 0 Å². The monoisotopic (exact) mass is 298 g/mol. The molecule has 21 heavy (non-hydrogen) atoms. The number of nitrogens with one attached hydrogen (secondary N) is 2. The molecule has 0 aromatic heterocycles. The van der Waals surface area contributed by atoms with Gasteiger partial charge in [-0.2, -0.15) is 0 Å². The molecular weight excluding hydrogens is 264 g/mol. The SMILES string of the molecule is CCC(CNC1CCCCC1(C)C)NC(=O)OC(C)(C)C. The molecule has 0 saturated heterocycles. The van der Waals surface area contributed by atoms with Gasteiger partial charge in [-0.1, -0.05) is 33.6 Å². The van der Waals surface area contributed by atoms with Gasteiger partial charge in [-0.15, -0.1) is 0 Å². The van der Waals surface area contributed by atoms with Gasteiger partial charge in [0.15, 0.2) is 0 Å². The van der Waals surface area contributed by atoms with E-state index in [0.717, 1.165) is 13.0 Å². The first-order chi connectivity index (χ1) is 9.64. The van der Waals surface area contributed by atoms with Crippen molar-refractivity contribution in [3.63, 3.8) is 0 Å². The molecule has 1 fully saturated rings. The summed E-state index contributed by atoms with van der Waals surface area (Å²) in [7, 11) is 0. The van der Waals surface area contributed by atoms with Gasteiger partial charge in [0, 0.05) is 18.6 Å². The fourth-order valence-electron chi connectivity index (χ4n) is 2.93. The van der Waals surface area contributed by atoms with E-state index in [0.29, 0.717) is 11.5 Å². The first-order valence-corrected chi connectivity index (χ1v) is 8.37.